The van der Waals surface area contributed by atoms with E-state index < -0.39 is 0 Å². The molecular weight excluding hydrogens is 328 g/mol. The molecule has 2 aromatic heterocycles. The van der Waals surface area contributed by atoms with Crippen LogP contribution in [0.3, 0.4) is 0 Å². The van der Waals surface area contributed by atoms with Crippen molar-refractivity contribution in [3.63, 3.8) is 0 Å². The first-order chi connectivity index (χ1) is 12.7. The summed E-state index contributed by atoms with van der Waals surface area (Å²) in [5.41, 5.74) is 4.19. The molecule has 6 nitrogen and oxygen atoms in total. The molecule has 0 bridgehead atoms. The molecule has 0 aliphatic carbocycles. The number of carbonyl (C=O) groups excluding carboxylic acids is 1. The minimum atomic E-state index is -0.0444. The Labute approximate surface area is 150 Å². The molecule has 0 saturated carbocycles. The fraction of sp³-hybridized carbons (Fsp3) is 0.150. The third-order valence-corrected chi connectivity index (χ3v) is 4.08. The molecule has 0 radical (unpaired) electrons. The van der Waals surface area contributed by atoms with Crippen molar-refractivity contribution in [1.29, 1.82) is 0 Å². The van der Waals surface area contributed by atoms with E-state index in [2.05, 4.69) is 15.4 Å². The summed E-state index contributed by atoms with van der Waals surface area (Å²) >= 11 is 0. The number of carbonyl (C=O) groups is 1. The van der Waals surface area contributed by atoms with Gasteiger partial charge in [-0.05, 0) is 42.3 Å². The summed E-state index contributed by atoms with van der Waals surface area (Å²) in [4.78, 5) is 16.5. The standard InChI is InChI=1S/C20H18N4O2/c1-14-22-18-11-16(8-9-19(18)26-14)23-20(25)10-7-15-12-21-24(13-15)17-5-3-2-4-6-17/h2-6,8-9,11-13H,7,10H2,1H3,(H,23,25). The summed E-state index contributed by atoms with van der Waals surface area (Å²) in [7, 11) is 0. The van der Waals surface area contributed by atoms with E-state index >= 15 is 0 Å². The van der Waals surface area contributed by atoms with Crippen LogP contribution in [0.25, 0.3) is 16.8 Å². The molecule has 4 aromatic rings. The number of para-hydroxylation sites is 1. The predicted octanol–water partition coefficient (Wildman–Crippen LogP) is 3.89. The lowest BCUT2D eigenvalue weighted by molar-refractivity contribution is -0.116. The van der Waals surface area contributed by atoms with Gasteiger partial charge in [0, 0.05) is 25.2 Å². The molecule has 1 amide bonds. The average molecular weight is 346 g/mol. The molecule has 2 heterocycles. The van der Waals surface area contributed by atoms with Crippen LogP contribution in [0.1, 0.15) is 17.9 Å². The largest absolute Gasteiger partial charge is 0.441 e. The first kappa shape index (κ1) is 16.1. The van der Waals surface area contributed by atoms with Crippen LogP contribution in [0.5, 0.6) is 0 Å². The second-order valence-corrected chi connectivity index (χ2v) is 6.09. The Morgan fingerprint density at radius 3 is 2.88 bits per heavy atom. The molecular formula is C20H18N4O2. The smallest absolute Gasteiger partial charge is 0.224 e. The van der Waals surface area contributed by atoms with Crippen LogP contribution < -0.4 is 5.32 Å². The monoisotopic (exact) mass is 346 g/mol. The molecule has 0 atom stereocenters. The molecule has 0 fully saturated rings. The molecule has 6 heteroatoms. The van der Waals surface area contributed by atoms with Crippen LogP contribution in [-0.2, 0) is 11.2 Å². The van der Waals surface area contributed by atoms with Gasteiger partial charge in [0.1, 0.15) is 5.52 Å². The maximum atomic E-state index is 12.2. The van der Waals surface area contributed by atoms with Gasteiger partial charge in [0.15, 0.2) is 11.5 Å². The minimum absolute atomic E-state index is 0.0444. The zero-order valence-electron chi connectivity index (χ0n) is 14.3. The Hall–Kier alpha value is -3.41. The van der Waals surface area contributed by atoms with Crippen molar-refractivity contribution in [3.8, 4) is 5.69 Å². The van der Waals surface area contributed by atoms with E-state index in [4.69, 9.17) is 4.42 Å². The van der Waals surface area contributed by atoms with Gasteiger partial charge >= 0.3 is 0 Å². The Morgan fingerprint density at radius 2 is 2.04 bits per heavy atom. The van der Waals surface area contributed by atoms with Gasteiger partial charge in [-0.3, -0.25) is 4.79 Å². The van der Waals surface area contributed by atoms with Crippen molar-refractivity contribution in [3.05, 3.63) is 72.4 Å². The second kappa shape index (κ2) is 6.84. The highest BCUT2D eigenvalue weighted by Crippen LogP contribution is 2.20. The van der Waals surface area contributed by atoms with Gasteiger partial charge in [-0.2, -0.15) is 5.10 Å². The summed E-state index contributed by atoms with van der Waals surface area (Å²) in [6.07, 6.45) is 4.76. The van der Waals surface area contributed by atoms with Gasteiger partial charge in [-0.1, -0.05) is 18.2 Å². The van der Waals surface area contributed by atoms with E-state index in [1.165, 1.54) is 0 Å². The topological polar surface area (TPSA) is 73.0 Å². The molecule has 0 aliphatic heterocycles. The van der Waals surface area contributed by atoms with E-state index in [1.807, 2.05) is 59.4 Å². The Morgan fingerprint density at radius 1 is 1.19 bits per heavy atom. The number of oxazole rings is 1. The first-order valence-corrected chi connectivity index (χ1v) is 8.43. The fourth-order valence-corrected chi connectivity index (χ4v) is 2.81. The van der Waals surface area contributed by atoms with Crippen LogP contribution >= 0.6 is 0 Å². The lowest BCUT2D eigenvalue weighted by Gasteiger charge is -2.04. The normalized spacial score (nSPS) is 11.0. The van der Waals surface area contributed by atoms with E-state index in [0.717, 1.165) is 22.5 Å². The number of amides is 1. The number of aromatic nitrogens is 3. The lowest BCUT2D eigenvalue weighted by atomic mass is 10.2. The third kappa shape index (κ3) is 3.49. The Bertz CT molecular complexity index is 1050. The van der Waals surface area contributed by atoms with Crippen LogP contribution in [0.15, 0.2) is 65.3 Å². The molecule has 4 rings (SSSR count). The molecule has 26 heavy (non-hydrogen) atoms. The minimum Gasteiger partial charge on any atom is -0.441 e. The maximum absolute atomic E-state index is 12.2. The van der Waals surface area contributed by atoms with Crippen LogP contribution in [0.2, 0.25) is 0 Å². The molecule has 1 N–H and O–H groups in total. The van der Waals surface area contributed by atoms with Crippen molar-refractivity contribution in [1.82, 2.24) is 14.8 Å². The van der Waals surface area contributed by atoms with Gasteiger partial charge in [-0.15, -0.1) is 0 Å². The molecule has 130 valence electrons. The average Bonchev–Trinajstić information content (AvgIpc) is 3.26. The zero-order chi connectivity index (χ0) is 17.9. The lowest BCUT2D eigenvalue weighted by Crippen LogP contribution is -2.12. The van der Waals surface area contributed by atoms with E-state index in [1.54, 1.807) is 13.1 Å². The first-order valence-electron chi connectivity index (χ1n) is 8.43. The summed E-state index contributed by atoms with van der Waals surface area (Å²) < 4.78 is 7.25. The van der Waals surface area contributed by atoms with Crippen LogP contribution in [0.4, 0.5) is 5.69 Å². The Kier molecular flexibility index (Phi) is 4.23. The number of hydrogen-bond donors (Lipinski definition) is 1. The van der Waals surface area contributed by atoms with Crippen molar-refractivity contribution in [2.24, 2.45) is 0 Å². The number of benzene rings is 2. The van der Waals surface area contributed by atoms with Crippen molar-refractivity contribution < 1.29 is 9.21 Å². The number of nitrogens with zero attached hydrogens (tertiary/aromatic N) is 3. The quantitative estimate of drug-likeness (QED) is 0.595. The number of fused-ring (bicyclic) bond motifs is 1. The van der Waals surface area contributed by atoms with E-state index in [9.17, 15) is 4.79 Å². The molecule has 0 aliphatic rings. The third-order valence-electron chi connectivity index (χ3n) is 4.08. The van der Waals surface area contributed by atoms with Gasteiger partial charge in [0.2, 0.25) is 5.91 Å². The zero-order valence-corrected chi connectivity index (χ0v) is 14.3. The van der Waals surface area contributed by atoms with Gasteiger partial charge in [0.25, 0.3) is 0 Å². The van der Waals surface area contributed by atoms with E-state index in [0.29, 0.717) is 24.3 Å². The number of nitrogens with one attached hydrogen (secondary N) is 1. The van der Waals surface area contributed by atoms with Crippen molar-refractivity contribution >= 4 is 22.7 Å². The highest BCUT2D eigenvalue weighted by Gasteiger charge is 2.08. The summed E-state index contributed by atoms with van der Waals surface area (Å²) in [5.74, 6) is 0.566. The highest BCUT2D eigenvalue weighted by atomic mass is 16.3. The Balaban J connectivity index is 1.37. The highest BCUT2D eigenvalue weighted by molar-refractivity contribution is 5.92. The summed E-state index contributed by atoms with van der Waals surface area (Å²) in [6, 6.07) is 15.3. The number of anilines is 1. The maximum Gasteiger partial charge on any atom is 0.224 e. The predicted molar refractivity (Wildman–Crippen MR) is 99.3 cm³/mol. The molecule has 0 unspecified atom stereocenters. The van der Waals surface area contributed by atoms with Gasteiger partial charge in [0.05, 0.1) is 11.9 Å². The van der Waals surface area contributed by atoms with Gasteiger partial charge < -0.3 is 9.73 Å². The van der Waals surface area contributed by atoms with Crippen LogP contribution in [-0.4, -0.2) is 20.7 Å². The fourth-order valence-electron chi connectivity index (χ4n) is 2.81. The summed E-state index contributed by atoms with van der Waals surface area (Å²) in [6.45, 7) is 1.80. The molecule has 0 spiro atoms. The van der Waals surface area contributed by atoms with Gasteiger partial charge in [-0.25, -0.2) is 9.67 Å². The number of hydrogen-bond acceptors (Lipinski definition) is 4. The SMILES string of the molecule is Cc1nc2cc(NC(=O)CCc3cnn(-c4ccccc4)c3)ccc2o1. The molecule has 2 aromatic carbocycles. The van der Waals surface area contributed by atoms with Crippen molar-refractivity contribution in [2.45, 2.75) is 19.8 Å². The number of rotatable bonds is 5. The number of aryl methyl sites for hydroxylation is 2. The van der Waals surface area contributed by atoms with Crippen molar-refractivity contribution in [2.75, 3.05) is 5.32 Å². The van der Waals surface area contributed by atoms with Crippen LogP contribution in [0, 0.1) is 6.92 Å². The summed E-state index contributed by atoms with van der Waals surface area (Å²) in [5, 5.41) is 7.26. The molecule has 0 saturated heterocycles. The second-order valence-electron chi connectivity index (χ2n) is 6.09. The van der Waals surface area contributed by atoms with E-state index in [-0.39, 0.29) is 5.91 Å².